The highest BCUT2D eigenvalue weighted by Gasteiger charge is 2.49. The molecular formula is C23H23N5O. The highest BCUT2D eigenvalue weighted by molar-refractivity contribution is 6.01. The van der Waals surface area contributed by atoms with Crippen LogP contribution in [0.3, 0.4) is 0 Å². The summed E-state index contributed by atoms with van der Waals surface area (Å²) in [5.74, 6) is 1.02. The van der Waals surface area contributed by atoms with Crippen molar-refractivity contribution in [1.29, 1.82) is 0 Å². The van der Waals surface area contributed by atoms with Crippen LogP contribution in [-0.4, -0.2) is 40.5 Å². The Hall–Kier alpha value is -3.15. The number of hydrogen-bond donors (Lipinski definition) is 2. The molecule has 6 nitrogen and oxygen atoms in total. The van der Waals surface area contributed by atoms with Gasteiger partial charge in [-0.25, -0.2) is 4.98 Å². The zero-order valence-corrected chi connectivity index (χ0v) is 16.7. The lowest BCUT2D eigenvalue weighted by atomic mass is 9.87. The Balaban J connectivity index is 1.44. The van der Waals surface area contributed by atoms with E-state index in [4.69, 9.17) is 4.98 Å². The highest BCUT2D eigenvalue weighted by Crippen LogP contribution is 2.45. The molecular weight excluding hydrogens is 362 g/mol. The van der Waals surface area contributed by atoms with E-state index in [1.54, 1.807) is 0 Å². The Morgan fingerprint density at radius 2 is 1.97 bits per heavy atom. The molecule has 0 atom stereocenters. The zero-order chi connectivity index (χ0) is 19.8. The molecule has 0 bridgehead atoms. The second-order valence-corrected chi connectivity index (χ2v) is 8.77. The molecule has 2 N–H and O–H groups in total. The number of carbonyl (C=O) groups is 1. The molecule has 6 heteroatoms. The molecule has 2 aliphatic carbocycles. The number of amides is 1. The zero-order valence-electron chi connectivity index (χ0n) is 16.7. The molecule has 6 rings (SSSR count). The van der Waals surface area contributed by atoms with Crippen LogP contribution in [-0.2, 0) is 19.3 Å². The van der Waals surface area contributed by atoms with Crippen LogP contribution in [0, 0.1) is 0 Å². The lowest BCUT2D eigenvalue weighted by Gasteiger charge is -2.24. The van der Waals surface area contributed by atoms with Crippen molar-refractivity contribution in [3.05, 3.63) is 53.0 Å². The van der Waals surface area contributed by atoms with Crippen molar-refractivity contribution in [2.75, 3.05) is 19.0 Å². The molecule has 0 unspecified atom stereocenters. The largest absolute Gasteiger partial charge is 0.363 e. The van der Waals surface area contributed by atoms with Crippen molar-refractivity contribution < 1.29 is 4.79 Å². The highest BCUT2D eigenvalue weighted by atomic mass is 16.2. The maximum Gasteiger partial charge on any atom is 0.253 e. The fourth-order valence-electron chi connectivity index (χ4n) is 4.76. The summed E-state index contributed by atoms with van der Waals surface area (Å²) < 4.78 is 0. The Morgan fingerprint density at radius 1 is 1.10 bits per heavy atom. The Labute approximate surface area is 169 Å². The second-order valence-electron chi connectivity index (χ2n) is 8.77. The minimum atomic E-state index is 0.0175. The van der Waals surface area contributed by atoms with Crippen molar-refractivity contribution in [2.45, 2.75) is 37.6 Å². The Kier molecular flexibility index (Phi) is 3.29. The molecule has 3 aromatic heterocycles. The van der Waals surface area contributed by atoms with Gasteiger partial charge in [0, 0.05) is 55.3 Å². The van der Waals surface area contributed by atoms with Gasteiger partial charge in [-0.2, -0.15) is 0 Å². The summed E-state index contributed by atoms with van der Waals surface area (Å²) in [5, 5.41) is 3.25. The molecule has 1 aliphatic heterocycles. The third-order valence-corrected chi connectivity index (χ3v) is 6.56. The number of rotatable bonds is 2. The first kappa shape index (κ1) is 16.8. The van der Waals surface area contributed by atoms with Gasteiger partial charge >= 0.3 is 0 Å². The van der Waals surface area contributed by atoms with Crippen LogP contribution in [0.2, 0.25) is 0 Å². The number of aromatic nitrogens is 3. The van der Waals surface area contributed by atoms with E-state index in [2.05, 4.69) is 27.4 Å². The van der Waals surface area contributed by atoms with Gasteiger partial charge in [-0.3, -0.25) is 9.78 Å². The average molecular weight is 385 g/mol. The maximum atomic E-state index is 12.8. The van der Waals surface area contributed by atoms with Crippen molar-refractivity contribution in [1.82, 2.24) is 20.3 Å². The number of carbonyl (C=O) groups excluding carboxylic acids is 1. The molecule has 1 spiro atoms. The second kappa shape index (κ2) is 5.69. The summed E-state index contributed by atoms with van der Waals surface area (Å²) >= 11 is 0. The molecule has 3 aliphatic rings. The first-order valence-corrected chi connectivity index (χ1v) is 10.2. The van der Waals surface area contributed by atoms with Crippen LogP contribution < -0.4 is 10.2 Å². The molecule has 146 valence electrons. The molecule has 3 aromatic rings. The standard InChI is InChI=1S/C23H23N5O/c1-28(2)19-6-4-14(12-25-19)17-9-16-13(11-24-17)3-5-15-20-18(26-21(15)16)10-23(7-8-23)27-22(20)29/h4,6,9,11-12,26H,3,5,7-8,10H2,1-2H3,(H,27,29). The molecule has 1 saturated carbocycles. The van der Waals surface area contributed by atoms with Crippen LogP contribution in [0.4, 0.5) is 5.82 Å². The lowest BCUT2D eigenvalue weighted by Crippen LogP contribution is -2.43. The number of aryl methyl sites for hydroxylation is 1. The Bertz CT molecular complexity index is 1150. The number of pyridine rings is 2. The minimum absolute atomic E-state index is 0.0175. The third kappa shape index (κ3) is 2.51. The summed E-state index contributed by atoms with van der Waals surface area (Å²) in [6, 6.07) is 6.21. The van der Waals surface area contributed by atoms with Crippen LogP contribution in [0.5, 0.6) is 0 Å². The van der Waals surface area contributed by atoms with Crippen molar-refractivity contribution >= 4 is 11.7 Å². The van der Waals surface area contributed by atoms with Gasteiger partial charge in [0.15, 0.2) is 0 Å². The Morgan fingerprint density at radius 3 is 2.69 bits per heavy atom. The summed E-state index contributed by atoms with van der Waals surface area (Å²) in [4.78, 5) is 27.6. The monoisotopic (exact) mass is 385 g/mol. The quantitative estimate of drug-likeness (QED) is 0.711. The summed E-state index contributed by atoms with van der Waals surface area (Å²) in [5.41, 5.74) is 8.59. The van der Waals surface area contributed by atoms with E-state index in [0.717, 1.165) is 66.1 Å². The van der Waals surface area contributed by atoms with E-state index in [9.17, 15) is 4.79 Å². The van der Waals surface area contributed by atoms with E-state index in [-0.39, 0.29) is 11.4 Å². The minimum Gasteiger partial charge on any atom is -0.363 e. The molecule has 4 heterocycles. The number of hydrogen-bond acceptors (Lipinski definition) is 4. The van der Waals surface area contributed by atoms with Crippen LogP contribution in [0.25, 0.3) is 22.5 Å². The van der Waals surface area contributed by atoms with Crippen molar-refractivity contribution in [3.8, 4) is 22.5 Å². The van der Waals surface area contributed by atoms with Crippen LogP contribution in [0.15, 0.2) is 30.6 Å². The van der Waals surface area contributed by atoms with E-state index < -0.39 is 0 Å². The normalized spacial score (nSPS) is 17.9. The van der Waals surface area contributed by atoms with Gasteiger partial charge in [0.05, 0.1) is 17.0 Å². The van der Waals surface area contributed by atoms with Gasteiger partial charge in [-0.1, -0.05) is 0 Å². The predicted molar refractivity (Wildman–Crippen MR) is 112 cm³/mol. The van der Waals surface area contributed by atoms with E-state index in [1.807, 2.05) is 37.5 Å². The summed E-state index contributed by atoms with van der Waals surface area (Å²) in [7, 11) is 3.96. The molecule has 1 amide bonds. The third-order valence-electron chi connectivity index (χ3n) is 6.56. The molecule has 29 heavy (non-hydrogen) atoms. The topological polar surface area (TPSA) is 73.9 Å². The molecule has 1 fully saturated rings. The molecule has 0 saturated heterocycles. The van der Waals surface area contributed by atoms with Gasteiger partial charge in [0.2, 0.25) is 0 Å². The van der Waals surface area contributed by atoms with E-state index in [0.29, 0.717) is 0 Å². The number of nitrogens with zero attached hydrogens (tertiary/aromatic N) is 3. The average Bonchev–Trinajstić information content (AvgIpc) is 3.34. The van der Waals surface area contributed by atoms with Gasteiger partial charge < -0.3 is 15.2 Å². The van der Waals surface area contributed by atoms with E-state index >= 15 is 0 Å². The first-order chi connectivity index (χ1) is 14.0. The van der Waals surface area contributed by atoms with Crippen molar-refractivity contribution in [3.63, 3.8) is 0 Å². The maximum absolute atomic E-state index is 12.8. The first-order valence-electron chi connectivity index (χ1n) is 10.2. The summed E-state index contributed by atoms with van der Waals surface area (Å²) in [6.07, 6.45) is 8.74. The fourth-order valence-corrected chi connectivity index (χ4v) is 4.76. The molecule has 0 aromatic carbocycles. The number of H-pyrrole nitrogens is 1. The van der Waals surface area contributed by atoms with Gasteiger partial charge in [0.25, 0.3) is 5.91 Å². The molecule has 0 radical (unpaired) electrons. The number of fused-ring (bicyclic) bond motifs is 5. The van der Waals surface area contributed by atoms with Crippen LogP contribution in [0.1, 0.15) is 40.0 Å². The fraction of sp³-hybridized carbons (Fsp3) is 0.348. The summed E-state index contributed by atoms with van der Waals surface area (Å²) in [6.45, 7) is 0. The number of nitrogens with one attached hydrogen (secondary N) is 2. The number of anilines is 1. The smallest absolute Gasteiger partial charge is 0.253 e. The van der Waals surface area contributed by atoms with Crippen molar-refractivity contribution in [2.24, 2.45) is 0 Å². The van der Waals surface area contributed by atoms with Gasteiger partial charge in [-0.05, 0) is 55.0 Å². The van der Waals surface area contributed by atoms with Gasteiger partial charge in [-0.15, -0.1) is 0 Å². The number of aromatic amines is 1. The van der Waals surface area contributed by atoms with Gasteiger partial charge in [0.1, 0.15) is 5.82 Å². The van der Waals surface area contributed by atoms with Crippen LogP contribution >= 0.6 is 0 Å². The van der Waals surface area contributed by atoms with E-state index in [1.165, 1.54) is 16.7 Å². The SMILES string of the molecule is CN(C)c1ccc(-c2cc3c(cn2)CCc2c-3[nH]c3c2C(=O)NC2(CC2)C3)cn1. The predicted octanol–water partition coefficient (Wildman–Crippen LogP) is 3.12. The lowest BCUT2D eigenvalue weighted by molar-refractivity contribution is 0.0917.